The van der Waals surface area contributed by atoms with Crippen molar-refractivity contribution >= 4 is 11.9 Å². The van der Waals surface area contributed by atoms with Gasteiger partial charge in [-0.2, -0.15) is 0 Å². The molecule has 4 nitrogen and oxygen atoms in total. The molecule has 0 spiro atoms. The number of carbonyl (C=O) groups is 2. The van der Waals surface area contributed by atoms with Crippen molar-refractivity contribution in [2.24, 2.45) is 5.92 Å². The van der Waals surface area contributed by atoms with E-state index < -0.39 is 12.0 Å². The maximum atomic E-state index is 12.6. The van der Waals surface area contributed by atoms with Crippen LogP contribution in [0.25, 0.3) is 0 Å². The summed E-state index contributed by atoms with van der Waals surface area (Å²) in [5, 5.41) is 9.34. The number of carboxylic acids is 1. The fourth-order valence-corrected chi connectivity index (χ4v) is 3.39. The zero-order chi connectivity index (χ0) is 13.7. The first-order chi connectivity index (χ1) is 9.20. The SMILES string of the molecule is O=C(O)C1CCCCCN1C(=O)C1CCCCCC1. The van der Waals surface area contributed by atoms with Gasteiger partial charge in [0.1, 0.15) is 6.04 Å². The predicted octanol–water partition coefficient (Wildman–Crippen LogP) is 2.81. The Morgan fingerprint density at radius 1 is 0.842 bits per heavy atom. The zero-order valence-corrected chi connectivity index (χ0v) is 11.6. The van der Waals surface area contributed by atoms with E-state index >= 15 is 0 Å². The quantitative estimate of drug-likeness (QED) is 0.783. The molecule has 1 unspecified atom stereocenters. The lowest BCUT2D eigenvalue weighted by atomic mass is 9.97. The van der Waals surface area contributed by atoms with E-state index in [0.29, 0.717) is 13.0 Å². The average Bonchev–Trinajstić information content (AvgIpc) is 2.80. The second-order valence-electron chi connectivity index (χ2n) is 5.92. The third-order valence-electron chi connectivity index (χ3n) is 4.53. The van der Waals surface area contributed by atoms with Crippen molar-refractivity contribution < 1.29 is 14.7 Å². The standard InChI is InChI=1S/C15H25NO3/c17-14(12-8-4-1-2-5-9-12)16-11-7-3-6-10-13(16)15(18)19/h12-13H,1-11H2,(H,18,19). The van der Waals surface area contributed by atoms with Gasteiger partial charge in [0, 0.05) is 12.5 Å². The van der Waals surface area contributed by atoms with E-state index in [9.17, 15) is 14.7 Å². The molecule has 0 aromatic carbocycles. The minimum Gasteiger partial charge on any atom is -0.480 e. The molecule has 0 aromatic rings. The van der Waals surface area contributed by atoms with Crippen LogP contribution in [0, 0.1) is 5.92 Å². The first-order valence-electron chi connectivity index (χ1n) is 7.73. The van der Waals surface area contributed by atoms with Gasteiger partial charge in [-0.1, -0.05) is 38.5 Å². The van der Waals surface area contributed by atoms with Crippen LogP contribution in [-0.2, 0) is 9.59 Å². The molecule has 1 N–H and O–H groups in total. The Morgan fingerprint density at radius 3 is 2.05 bits per heavy atom. The summed E-state index contributed by atoms with van der Waals surface area (Å²) in [7, 11) is 0. The third-order valence-corrected chi connectivity index (χ3v) is 4.53. The van der Waals surface area contributed by atoms with Gasteiger partial charge in [-0.3, -0.25) is 4.79 Å². The molecular weight excluding hydrogens is 242 g/mol. The van der Waals surface area contributed by atoms with E-state index in [0.717, 1.165) is 44.9 Å². The Kier molecular flexibility index (Phi) is 5.23. The number of carboxylic acid groups (broad SMARTS) is 1. The molecule has 1 atom stereocenters. The molecule has 19 heavy (non-hydrogen) atoms. The number of rotatable bonds is 2. The Hall–Kier alpha value is -1.06. The Morgan fingerprint density at radius 2 is 1.42 bits per heavy atom. The van der Waals surface area contributed by atoms with Crippen molar-refractivity contribution in [2.45, 2.75) is 70.3 Å². The molecule has 1 aliphatic carbocycles. The number of likely N-dealkylation sites (tertiary alicyclic amines) is 1. The van der Waals surface area contributed by atoms with E-state index in [4.69, 9.17) is 0 Å². The van der Waals surface area contributed by atoms with Crippen LogP contribution >= 0.6 is 0 Å². The molecule has 1 amide bonds. The van der Waals surface area contributed by atoms with Crippen LogP contribution in [0.1, 0.15) is 64.2 Å². The lowest BCUT2D eigenvalue weighted by molar-refractivity contribution is -0.152. The second-order valence-corrected chi connectivity index (χ2v) is 5.92. The molecular formula is C15H25NO3. The third kappa shape index (κ3) is 3.71. The van der Waals surface area contributed by atoms with Crippen molar-refractivity contribution in [3.05, 3.63) is 0 Å². The molecule has 1 heterocycles. The molecule has 4 heteroatoms. The van der Waals surface area contributed by atoms with Crippen LogP contribution in [0.4, 0.5) is 0 Å². The molecule has 1 aliphatic heterocycles. The van der Waals surface area contributed by atoms with Crippen LogP contribution in [-0.4, -0.2) is 34.5 Å². The predicted molar refractivity (Wildman–Crippen MR) is 72.8 cm³/mol. The number of aliphatic carboxylic acids is 1. The summed E-state index contributed by atoms with van der Waals surface area (Å²) in [4.78, 5) is 25.7. The Labute approximate surface area is 115 Å². The van der Waals surface area contributed by atoms with Crippen LogP contribution in [0.5, 0.6) is 0 Å². The lowest BCUT2D eigenvalue weighted by Crippen LogP contribution is -2.47. The number of hydrogen-bond donors (Lipinski definition) is 1. The van der Waals surface area contributed by atoms with Gasteiger partial charge in [-0.05, 0) is 25.7 Å². The Bertz CT molecular complexity index is 321. The van der Waals surface area contributed by atoms with Gasteiger partial charge in [-0.25, -0.2) is 4.79 Å². The van der Waals surface area contributed by atoms with E-state index in [2.05, 4.69) is 0 Å². The molecule has 2 aliphatic rings. The molecule has 0 bridgehead atoms. The average molecular weight is 267 g/mol. The molecule has 0 aromatic heterocycles. The number of carbonyl (C=O) groups excluding carboxylic acids is 1. The van der Waals surface area contributed by atoms with Gasteiger partial charge in [0.15, 0.2) is 0 Å². The van der Waals surface area contributed by atoms with Crippen molar-refractivity contribution in [1.82, 2.24) is 4.90 Å². The molecule has 2 rings (SSSR count). The fraction of sp³-hybridized carbons (Fsp3) is 0.867. The van der Waals surface area contributed by atoms with Crippen LogP contribution in [0.15, 0.2) is 0 Å². The van der Waals surface area contributed by atoms with Gasteiger partial charge in [0.2, 0.25) is 5.91 Å². The van der Waals surface area contributed by atoms with Gasteiger partial charge in [0.25, 0.3) is 0 Å². The minimum atomic E-state index is -0.830. The monoisotopic (exact) mass is 267 g/mol. The zero-order valence-electron chi connectivity index (χ0n) is 11.6. The summed E-state index contributed by atoms with van der Waals surface area (Å²) >= 11 is 0. The molecule has 108 valence electrons. The van der Waals surface area contributed by atoms with E-state index in [1.54, 1.807) is 4.90 Å². The highest BCUT2D eigenvalue weighted by molar-refractivity contribution is 5.85. The van der Waals surface area contributed by atoms with Gasteiger partial charge < -0.3 is 10.0 Å². The van der Waals surface area contributed by atoms with Crippen molar-refractivity contribution in [3.63, 3.8) is 0 Å². The summed E-state index contributed by atoms with van der Waals surface area (Å²) < 4.78 is 0. The lowest BCUT2D eigenvalue weighted by Gasteiger charge is -2.30. The summed E-state index contributed by atoms with van der Waals surface area (Å²) in [6.45, 7) is 0.631. The van der Waals surface area contributed by atoms with Crippen molar-refractivity contribution in [2.75, 3.05) is 6.54 Å². The summed E-state index contributed by atoms with van der Waals surface area (Å²) in [5.74, 6) is -0.650. The van der Waals surface area contributed by atoms with Gasteiger partial charge >= 0.3 is 5.97 Å². The van der Waals surface area contributed by atoms with Crippen molar-refractivity contribution in [3.8, 4) is 0 Å². The largest absolute Gasteiger partial charge is 0.480 e. The highest BCUT2D eigenvalue weighted by atomic mass is 16.4. The van der Waals surface area contributed by atoms with E-state index in [-0.39, 0.29) is 11.8 Å². The summed E-state index contributed by atoms with van der Waals surface area (Å²) in [6, 6.07) is -0.585. The highest BCUT2D eigenvalue weighted by Crippen LogP contribution is 2.27. The minimum absolute atomic E-state index is 0.0717. The maximum Gasteiger partial charge on any atom is 0.326 e. The highest BCUT2D eigenvalue weighted by Gasteiger charge is 2.34. The number of nitrogens with zero attached hydrogens (tertiary/aromatic N) is 1. The normalized spacial score (nSPS) is 26.5. The number of amides is 1. The summed E-state index contributed by atoms with van der Waals surface area (Å²) in [5.41, 5.74) is 0. The van der Waals surface area contributed by atoms with Crippen LogP contribution < -0.4 is 0 Å². The smallest absolute Gasteiger partial charge is 0.326 e. The van der Waals surface area contributed by atoms with Crippen molar-refractivity contribution in [1.29, 1.82) is 0 Å². The first kappa shape index (κ1) is 14.4. The second kappa shape index (κ2) is 6.92. The topological polar surface area (TPSA) is 57.6 Å². The molecule has 1 saturated heterocycles. The maximum absolute atomic E-state index is 12.6. The van der Waals surface area contributed by atoms with Crippen LogP contribution in [0.2, 0.25) is 0 Å². The fourth-order valence-electron chi connectivity index (χ4n) is 3.39. The molecule has 1 saturated carbocycles. The van der Waals surface area contributed by atoms with E-state index in [1.165, 1.54) is 12.8 Å². The molecule has 0 radical (unpaired) electrons. The summed E-state index contributed by atoms with van der Waals surface area (Å²) in [6.07, 6.45) is 10.1. The first-order valence-corrected chi connectivity index (χ1v) is 7.73. The molecule has 2 fully saturated rings. The van der Waals surface area contributed by atoms with E-state index in [1.807, 2.05) is 0 Å². The Balaban J connectivity index is 2.06. The van der Waals surface area contributed by atoms with Crippen LogP contribution in [0.3, 0.4) is 0 Å². The number of hydrogen-bond acceptors (Lipinski definition) is 2. The van der Waals surface area contributed by atoms with Gasteiger partial charge in [0.05, 0.1) is 0 Å². The van der Waals surface area contributed by atoms with Gasteiger partial charge in [-0.15, -0.1) is 0 Å².